The van der Waals surface area contributed by atoms with Gasteiger partial charge >= 0.3 is 0 Å². The summed E-state index contributed by atoms with van der Waals surface area (Å²) in [4.78, 5) is 27.3. The van der Waals surface area contributed by atoms with Gasteiger partial charge in [0.05, 0.1) is 0 Å². The molecule has 1 heterocycles. The predicted molar refractivity (Wildman–Crippen MR) is 71.0 cm³/mol. The zero-order chi connectivity index (χ0) is 14.0. The van der Waals surface area contributed by atoms with Gasteiger partial charge in [-0.05, 0) is 37.1 Å². The van der Waals surface area contributed by atoms with Gasteiger partial charge in [-0.2, -0.15) is 0 Å². The van der Waals surface area contributed by atoms with Crippen LogP contribution in [-0.4, -0.2) is 53.4 Å². The zero-order valence-corrected chi connectivity index (χ0v) is 11.2. The Balaban J connectivity index is 2.18. The third-order valence-corrected chi connectivity index (χ3v) is 3.40. The predicted octanol–water partition coefficient (Wildman–Crippen LogP) is 1.00. The average Bonchev–Trinajstić information content (AvgIpc) is 2.55. The number of aromatic hydroxyl groups is 1. The van der Waals surface area contributed by atoms with Crippen molar-refractivity contribution < 1.29 is 14.7 Å². The Morgan fingerprint density at radius 1 is 1.32 bits per heavy atom. The number of likely N-dealkylation sites (N-methyl/N-ethyl adjacent to an activating group) is 1. The largest absolute Gasteiger partial charge is 0.508 e. The summed E-state index contributed by atoms with van der Waals surface area (Å²) in [7, 11) is 1.75. The second kappa shape index (κ2) is 5.30. The van der Waals surface area contributed by atoms with Crippen LogP contribution in [0, 0.1) is 6.92 Å². The number of rotatable bonds is 1. The standard InChI is InChI=1S/C14H18N2O3/c1-10-8-11(4-5-12(10)17)14(19)16-7-3-6-15(2)13(18)9-16/h4-5,8,17H,3,6-7,9H2,1-2H3. The van der Waals surface area contributed by atoms with Crippen LogP contribution >= 0.6 is 0 Å². The molecule has 1 aromatic carbocycles. The first-order valence-electron chi connectivity index (χ1n) is 6.32. The van der Waals surface area contributed by atoms with Crippen LogP contribution in [0.5, 0.6) is 5.75 Å². The number of phenols is 1. The van der Waals surface area contributed by atoms with E-state index < -0.39 is 0 Å². The minimum absolute atomic E-state index is 0.0404. The number of nitrogens with zero attached hydrogens (tertiary/aromatic N) is 2. The van der Waals surface area contributed by atoms with Gasteiger partial charge in [-0.15, -0.1) is 0 Å². The average molecular weight is 262 g/mol. The summed E-state index contributed by atoms with van der Waals surface area (Å²) in [5, 5.41) is 9.47. The van der Waals surface area contributed by atoms with Gasteiger partial charge in [0.2, 0.25) is 5.91 Å². The summed E-state index contributed by atoms with van der Waals surface area (Å²) in [6.45, 7) is 3.12. The normalized spacial score (nSPS) is 16.4. The highest BCUT2D eigenvalue weighted by molar-refractivity contribution is 5.97. The van der Waals surface area contributed by atoms with Gasteiger partial charge in [0.25, 0.3) is 5.91 Å². The molecule has 0 spiro atoms. The van der Waals surface area contributed by atoms with Gasteiger partial charge in [-0.25, -0.2) is 0 Å². The van der Waals surface area contributed by atoms with Crippen LogP contribution in [0.2, 0.25) is 0 Å². The second-order valence-corrected chi connectivity index (χ2v) is 4.90. The minimum atomic E-state index is -0.160. The Hall–Kier alpha value is -2.04. The highest BCUT2D eigenvalue weighted by Crippen LogP contribution is 2.18. The first-order valence-corrected chi connectivity index (χ1v) is 6.32. The Labute approximate surface area is 112 Å². The summed E-state index contributed by atoms with van der Waals surface area (Å²) in [6, 6.07) is 4.74. The lowest BCUT2D eigenvalue weighted by Gasteiger charge is -2.20. The van der Waals surface area contributed by atoms with Gasteiger partial charge in [-0.1, -0.05) is 0 Å². The Morgan fingerprint density at radius 3 is 2.74 bits per heavy atom. The Morgan fingerprint density at radius 2 is 2.05 bits per heavy atom. The molecule has 19 heavy (non-hydrogen) atoms. The smallest absolute Gasteiger partial charge is 0.254 e. The van der Waals surface area contributed by atoms with Crippen molar-refractivity contribution >= 4 is 11.8 Å². The molecular formula is C14H18N2O3. The van der Waals surface area contributed by atoms with E-state index in [1.54, 1.807) is 35.9 Å². The van der Waals surface area contributed by atoms with Crippen molar-refractivity contribution in [3.8, 4) is 5.75 Å². The third kappa shape index (κ3) is 2.86. The SMILES string of the molecule is Cc1cc(C(=O)N2CCCN(C)C(=O)C2)ccc1O. The Bertz CT molecular complexity index is 513. The van der Waals surface area contributed by atoms with Gasteiger partial charge in [-0.3, -0.25) is 9.59 Å². The summed E-state index contributed by atoms with van der Waals surface area (Å²) in [5.74, 6) is -0.0312. The highest BCUT2D eigenvalue weighted by Gasteiger charge is 2.23. The van der Waals surface area contributed by atoms with Crippen molar-refractivity contribution in [3.63, 3.8) is 0 Å². The Kier molecular flexibility index (Phi) is 3.74. The van der Waals surface area contributed by atoms with Crippen LogP contribution < -0.4 is 0 Å². The quantitative estimate of drug-likeness (QED) is 0.821. The number of aryl methyl sites for hydroxylation is 1. The summed E-state index contributed by atoms with van der Waals surface area (Å²) in [5.41, 5.74) is 1.16. The lowest BCUT2D eigenvalue weighted by molar-refractivity contribution is -0.129. The molecule has 0 saturated carbocycles. The summed E-state index contributed by atoms with van der Waals surface area (Å²) in [6.07, 6.45) is 0.783. The van der Waals surface area contributed by atoms with Crippen molar-refractivity contribution in [1.29, 1.82) is 0 Å². The van der Waals surface area contributed by atoms with Gasteiger partial charge in [0, 0.05) is 25.7 Å². The highest BCUT2D eigenvalue weighted by atomic mass is 16.3. The molecule has 0 bridgehead atoms. The van der Waals surface area contributed by atoms with E-state index in [0.29, 0.717) is 24.2 Å². The van der Waals surface area contributed by atoms with E-state index in [9.17, 15) is 14.7 Å². The van der Waals surface area contributed by atoms with E-state index in [0.717, 1.165) is 6.42 Å². The third-order valence-electron chi connectivity index (χ3n) is 3.40. The van der Waals surface area contributed by atoms with Crippen LogP contribution in [0.15, 0.2) is 18.2 Å². The lowest BCUT2D eigenvalue weighted by atomic mass is 10.1. The number of carbonyl (C=O) groups is 2. The number of benzene rings is 1. The molecule has 0 atom stereocenters. The molecule has 1 fully saturated rings. The summed E-state index contributed by atoms with van der Waals surface area (Å²) >= 11 is 0. The van der Waals surface area contributed by atoms with E-state index in [-0.39, 0.29) is 24.1 Å². The van der Waals surface area contributed by atoms with Crippen LogP contribution in [0.4, 0.5) is 0 Å². The maximum atomic E-state index is 12.3. The molecule has 5 nitrogen and oxygen atoms in total. The van der Waals surface area contributed by atoms with E-state index in [1.807, 2.05) is 0 Å². The molecule has 1 aliphatic rings. The monoisotopic (exact) mass is 262 g/mol. The molecule has 1 saturated heterocycles. The molecule has 0 radical (unpaired) electrons. The number of hydrogen-bond acceptors (Lipinski definition) is 3. The van der Waals surface area contributed by atoms with E-state index in [4.69, 9.17) is 0 Å². The minimum Gasteiger partial charge on any atom is -0.508 e. The molecule has 2 rings (SSSR count). The fourth-order valence-electron chi connectivity index (χ4n) is 2.13. The maximum Gasteiger partial charge on any atom is 0.254 e. The number of hydrogen-bond donors (Lipinski definition) is 1. The van der Waals surface area contributed by atoms with E-state index in [2.05, 4.69) is 0 Å². The first kappa shape index (κ1) is 13.4. The molecule has 0 unspecified atom stereocenters. The first-order chi connectivity index (χ1) is 8.99. The second-order valence-electron chi connectivity index (χ2n) is 4.90. The van der Waals surface area contributed by atoms with Crippen LogP contribution in [-0.2, 0) is 4.79 Å². The number of carbonyl (C=O) groups excluding carboxylic acids is 2. The fraction of sp³-hybridized carbons (Fsp3) is 0.429. The maximum absolute atomic E-state index is 12.3. The molecule has 5 heteroatoms. The molecule has 0 aromatic heterocycles. The number of amides is 2. The van der Waals surface area contributed by atoms with E-state index >= 15 is 0 Å². The molecule has 1 aromatic rings. The molecule has 0 aliphatic carbocycles. The molecule has 1 N–H and O–H groups in total. The summed E-state index contributed by atoms with van der Waals surface area (Å²) < 4.78 is 0. The lowest BCUT2D eigenvalue weighted by Crippen LogP contribution is -2.38. The van der Waals surface area contributed by atoms with Crippen molar-refractivity contribution in [2.75, 3.05) is 26.7 Å². The van der Waals surface area contributed by atoms with Crippen LogP contribution in [0.25, 0.3) is 0 Å². The zero-order valence-electron chi connectivity index (χ0n) is 11.2. The van der Waals surface area contributed by atoms with Gasteiger partial charge in [0.15, 0.2) is 0 Å². The van der Waals surface area contributed by atoms with Crippen molar-refractivity contribution in [2.24, 2.45) is 0 Å². The van der Waals surface area contributed by atoms with Gasteiger partial charge in [0.1, 0.15) is 12.3 Å². The fourth-order valence-corrected chi connectivity index (χ4v) is 2.13. The number of phenolic OH excluding ortho intramolecular Hbond substituents is 1. The van der Waals surface area contributed by atoms with Gasteiger partial charge < -0.3 is 14.9 Å². The molecule has 1 aliphatic heterocycles. The van der Waals surface area contributed by atoms with Crippen molar-refractivity contribution in [3.05, 3.63) is 29.3 Å². The van der Waals surface area contributed by atoms with Crippen molar-refractivity contribution in [1.82, 2.24) is 9.80 Å². The molecule has 2 amide bonds. The van der Waals surface area contributed by atoms with Crippen LogP contribution in [0.3, 0.4) is 0 Å². The van der Waals surface area contributed by atoms with Crippen molar-refractivity contribution in [2.45, 2.75) is 13.3 Å². The topological polar surface area (TPSA) is 60.9 Å². The van der Waals surface area contributed by atoms with E-state index in [1.165, 1.54) is 6.07 Å². The van der Waals surface area contributed by atoms with Crippen LogP contribution in [0.1, 0.15) is 22.3 Å². The molecular weight excluding hydrogens is 244 g/mol. The molecule has 102 valence electrons.